The molecule has 0 unspecified atom stereocenters. The number of para-hydroxylation sites is 1. The largest absolute Gasteiger partial charge is 0.493 e. The second-order valence-electron chi connectivity index (χ2n) is 7.56. The zero-order chi connectivity index (χ0) is 22.3. The molecule has 1 aromatic heterocycles. The number of thioether (sulfide) groups is 1. The van der Waals surface area contributed by atoms with Gasteiger partial charge >= 0.3 is 5.97 Å². The van der Waals surface area contributed by atoms with Gasteiger partial charge in [-0.05, 0) is 56.2 Å². The minimum Gasteiger partial charge on any atom is -0.493 e. The maximum atomic E-state index is 11.3. The summed E-state index contributed by atoms with van der Waals surface area (Å²) < 4.78 is 11.9. The summed E-state index contributed by atoms with van der Waals surface area (Å²) in [4.78, 5) is 15.8. The molecular weight excluding hydrogens is 430 g/mol. The topological polar surface area (TPSA) is 68.7 Å². The van der Waals surface area contributed by atoms with E-state index < -0.39 is 10.7 Å². The van der Waals surface area contributed by atoms with Crippen molar-refractivity contribution in [1.29, 1.82) is 0 Å². The number of aryl methyl sites for hydroxylation is 1. The maximum absolute atomic E-state index is 11.3. The van der Waals surface area contributed by atoms with Gasteiger partial charge in [-0.2, -0.15) is 0 Å². The lowest BCUT2D eigenvalue weighted by Crippen LogP contribution is -2.26. The number of nitrogens with zero attached hydrogens (tertiary/aromatic N) is 1. The third-order valence-electron chi connectivity index (χ3n) is 4.53. The SMILES string of the molecule is CCCc1cc(Oc2ccccc2)ccc1OCCc1csc(SC(C)(C)C(=O)O)n1. The predicted molar refractivity (Wildman–Crippen MR) is 126 cm³/mol. The summed E-state index contributed by atoms with van der Waals surface area (Å²) in [6.45, 7) is 6.02. The standard InChI is InChI=1S/C24H27NO4S2/c1-4-8-17-15-20(29-19-9-6-5-7-10-19)11-12-21(17)28-14-13-18-16-30-23(25-18)31-24(2,3)22(26)27/h5-7,9-12,15-16H,4,8,13-14H2,1-3H3,(H,26,27). The highest BCUT2D eigenvalue weighted by molar-refractivity contribution is 8.02. The Bertz CT molecular complexity index is 1000. The van der Waals surface area contributed by atoms with Crippen LogP contribution in [0.3, 0.4) is 0 Å². The fourth-order valence-electron chi connectivity index (χ4n) is 2.83. The van der Waals surface area contributed by atoms with E-state index in [1.54, 1.807) is 13.8 Å². The summed E-state index contributed by atoms with van der Waals surface area (Å²) in [5, 5.41) is 11.2. The zero-order valence-electron chi connectivity index (χ0n) is 18.0. The quantitative estimate of drug-likeness (QED) is 0.333. The molecule has 0 saturated carbocycles. The van der Waals surface area contributed by atoms with Crippen molar-refractivity contribution < 1.29 is 19.4 Å². The molecule has 164 valence electrons. The van der Waals surface area contributed by atoms with E-state index in [0.717, 1.165) is 45.7 Å². The Balaban J connectivity index is 1.59. The number of aliphatic carboxylic acids is 1. The smallest absolute Gasteiger partial charge is 0.319 e. The third kappa shape index (κ3) is 6.74. The van der Waals surface area contributed by atoms with Crippen LogP contribution in [0, 0.1) is 0 Å². The normalized spacial score (nSPS) is 11.3. The number of aromatic nitrogens is 1. The van der Waals surface area contributed by atoms with Gasteiger partial charge < -0.3 is 14.6 Å². The number of carboxylic acids is 1. The Morgan fingerprint density at radius 3 is 2.61 bits per heavy atom. The van der Waals surface area contributed by atoms with Gasteiger partial charge in [-0.25, -0.2) is 4.98 Å². The van der Waals surface area contributed by atoms with E-state index in [4.69, 9.17) is 9.47 Å². The lowest BCUT2D eigenvalue weighted by atomic mass is 10.1. The van der Waals surface area contributed by atoms with Gasteiger partial charge in [-0.1, -0.05) is 43.3 Å². The molecule has 31 heavy (non-hydrogen) atoms. The van der Waals surface area contributed by atoms with Crippen LogP contribution in [-0.4, -0.2) is 27.4 Å². The monoisotopic (exact) mass is 457 g/mol. The Hall–Kier alpha value is -2.51. The van der Waals surface area contributed by atoms with E-state index >= 15 is 0 Å². The van der Waals surface area contributed by atoms with Gasteiger partial charge in [0.05, 0.1) is 12.3 Å². The van der Waals surface area contributed by atoms with Crippen LogP contribution in [0.25, 0.3) is 0 Å². The summed E-state index contributed by atoms with van der Waals surface area (Å²) in [5.74, 6) is 1.62. The summed E-state index contributed by atoms with van der Waals surface area (Å²) in [5.41, 5.74) is 2.03. The molecule has 3 aromatic rings. The van der Waals surface area contributed by atoms with Gasteiger partial charge in [0.1, 0.15) is 22.0 Å². The molecule has 0 bridgehead atoms. The number of hydrogen-bond donors (Lipinski definition) is 1. The van der Waals surface area contributed by atoms with Gasteiger partial charge in [0, 0.05) is 11.8 Å². The van der Waals surface area contributed by atoms with Gasteiger partial charge in [0.2, 0.25) is 0 Å². The van der Waals surface area contributed by atoms with Crippen LogP contribution in [0.1, 0.15) is 38.4 Å². The summed E-state index contributed by atoms with van der Waals surface area (Å²) in [6.07, 6.45) is 2.58. The number of hydrogen-bond acceptors (Lipinski definition) is 6. The van der Waals surface area contributed by atoms with Crippen molar-refractivity contribution in [2.75, 3.05) is 6.61 Å². The fourth-order valence-corrected chi connectivity index (χ4v) is 5.05. The molecule has 0 spiro atoms. The van der Waals surface area contributed by atoms with Crippen LogP contribution in [0.4, 0.5) is 0 Å². The minimum atomic E-state index is -0.899. The van der Waals surface area contributed by atoms with Crippen LogP contribution in [0.15, 0.2) is 58.3 Å². The Morgan fingerprint density at radius 2 is 1.90 bits per heavy atom. The minimum absolute atomic E-state index is 0.506. The molecule has 0 aliphatic carbocycles. The molecule has 1 heterocycles. The third-order valence-corrected chi connectivity index (χ3v) is 6.71. The second kappa shape index (κ2) is 10.7. The van der Waals surface area contributed by atoms with Crippen LogP contribution >= 0.6 is 23.1 Å². The molecule has 0 saturated heterocycles. The molecule has 0 aliphatic rings. The maximum Gasteiger partial charge on any atom is 0.319 e. The first kappa shape index (κ1) is 23.2. The lowest BCUT2D eigenvalue weighted by molar-refractivity contribution is -0.138. The van der Waals surface area contributed by atoms with Crippen molar-refractivity contribution in [3.8, 4) is 17.2 Å². The Morgan fingerprint density at radius 1 is 1.13 bits per heavy atom. The highest BCUT2D eigenvalue weighted by Gasteiger charge is 2.29. The van der Waals surface area contributed by atoms with Crippen molar-refractivity contribution in [2.24, 2.45) is 0 Å². The average molecular weight is 458 g/mol. The number of thiazole rings is 1. The molecule has 3 rings (SSSR count). The Labute approximate surface area is 191 Å². The first-order valence-corrected chi connectivity index (χ1v) is 11.9. The highest BCUT2D eigenvalue weighted by atomic mass is 32.2. The molecule has 0 aliphatic heterocycles. The van der Waals surface area contributed by atoms with Crippen LogP contribution in [0.2, 0.25) is 0 Å². The highest BCUT2D eigenvalue weighted by Crippen LogP contribution is 2.35. The second-order valence-corrected chi connectivity index (χ2v) is 10.3. The van der Waals surface area contributed by atoms with Crippen LogP contribution in [-0.2, 0) is 17.6 Å². The number of carboxylic acid groups (broad SMARTS) is 1. The molecule has 0 atom stereocenters. The first-order valence-electron chi connectivity index (χ1n) is 10.2. The van der Waals surface area contributed by atoms with E-state index in [1.807, 2.05) is 53.9 Å². The average Bonchev–Trinajstić information content (AvgIpc) is 3.17. The van der Waals surface area contributed by atoms with E-state index in [2.05, 4.69) is 11.9 Å². The Kier molecular flexibility index (Phi) is 7.98. The van der Waals surface area contributed by atoms with Crippen molar-refractivity contribution in [1.82, 2.24) is 4.98 Å². The number of ether oxygens (including phenoxy) is 2. The number of benzene rings is 2. The summed E-state index contributed by atoms with van der Waals surface area (Å²) in [6, 6.07) is 15.6. The van der Waals surface area contributed by atoms with E-state index in [-0.39, 0.29) is 0 Å². The first-order chi connectivity index (χ1) is 14.9. The van der Waals surface area contributed by atoms with Crippen molar-refractivity contribution >= 4 is 29.1 Å². The number of carbonyl (C=O) groups is 1. The summed E-state index contributed by atoms with van der Waals surface area (Å²) in [7, 11) is 0. The molecule has 5 nitrogen and oxygen atoms in total. The van der Waals surface area contributed by atoms with E-state index in [9.17, 15) is 9.90 Å². The molecular formula is C24H27NO4S2. The number of rotatable bonds is 11. The van der Waals surface area contributed by atoms with Crippen molar-refractivity contribution in [2.45, 2.75) is 49.1 Å². The fraction of sp³-hybridized carbons (Fsp3) is 0.333. The van der Waals surface area contributed by atoms with E-state index in [1.165, 1.54) is 23.1 Å². The molecule has 0 radical (unpaired) electrons. The molecule has 0 amide bonds. The van der Waals surface area contributed by atoms with Crippen LogP contribution < -0.4 is 9.47 Å². The predicted octanol–water partition coefficient (Wildman–Crippen LogP) is 6.46. The van der Waals surface area contributed by atoms with E-state index in [0.29, 0.717) is 13.0 Å². The van der Waals surface area contributed by atoms with Gasteiger partial charge in [-0.3, -0.25) is 4.79 Å². The van der Waals surface area contributed by atoms with Crippen molar-refractivity contribution in [3.05, 3.63) is 65.2 Å². The van der Waals surface area contributed by atoms with Gasteiger partial charge in [0.15, 0.2) is 4.34 Å². The lowest BCUT2D eigenvalue weighted by Gasteiger charge is -2.15. The summed E-state index contributed by atoms with van der Waals surface area (Å²) >= 11 is 2.74. The van der Waals surface area contributed by atoms with Gasteiger partial charge in [0.25, 0.3) is 0 Å². The zero-order valence-corrected chi connectivity index (χ0v) is 19.6. The van der Waals surface area contributed by atoms with Crippen LogP contribution in [0.5, 0.6) is 17.2 Å². The van der Waals surface area contributed by atoms with Crippen molar-refractivity contribution in [3.63, 3.8) is 0 Å². The molecule has 2 aromatic carbocycles. The van der Waals surface area contributed by atoms with Gasteiger partial charge in [-0.15, -0.1) is 11.3 Å². The molecule has 7 heteroatoms. The molecule has 1 N–H and O–H groups in total. The molecule has 0 fully saturated rings.